The van der Waals surface area contributed by atoms with Gasteiger partial charge in [-0.15, -0.1) is 20.4 Å². The lowest BCUT2D eigenvalue weighted by Crippen LogP contribution is -2.23. The Morgan fingerprint density at radius 1 is 0.857 bits per heavy atom. The van der Waals surface area contributed by atoms with Crippen molar-refractivity contribution in [2.45, 2.75) is 16.3 Å². The molecule has 0 radical (unpaired) electrons. The van der Waals surface area contributed by atoms with Gasteiger partial charge in [-0.05, 0) is 47.5 Å². The number of aromatic carboxylic acids is 1. The molecule has 3 aromatic carbocycles. The predicted molar refractivity (Wildman–Crippen MR) is 169 cm³/mol. The Morgan fingerprint density at radius 3 is 2.14 bits per heavy atom. The molecule has 2 heterocycles. The number of hydrogen-bond acceptors (Lipinski definition) is 13. The monoisotopic (exact) mass is 703 g/mol. The van der Waals surface area contributed by atoms with Crippen LogP contribution in [0.1, 0.15) is 26.3 Å². The number of nitrogen functional groups attached to an aromatic ring is 1. The van der Waals surface area contributed by atoms with Gasteiger partial charge in [0, 0.05) is 34.2 Å². The first-order chi connectivity index (χ1) is 23.1. The van der Waals surface area contributed by atoms with Crippen LogP contribution < -0.4 is 16.4 Å². The highest BCUT2D eigenvalue weighted by Gasteiger charge is 2.32. The van der Waals surface area contributed by atoms with Gasteiger partial charge in [0.05, 0.1) is 16.6 Å². The summed E-state index contributed by atoms with van der Waals surface area (Å²) in [6.07, 6.45) is 1.19. The molecule has 248 valence electrons. The molecule has 17 nitrogen and oxygen atoms in total. The molecule has 0 fully saturated rings. The Bertz CT molecular complexity index is 2580. The first-order valence-electron chi connectivity index (χ1n) is 13.7. The number of aromatic nitrogens is 4. The number of carbonyl (C=O) groups is 2. The molecule has 0 bridgehead atoms. The normalized spacial score (nSPS) is 11.9. The van der Waals surface area contributed by atoms with Gasteiger partial charge < -0.3 is 20.6 Å². The number of nitrogens with one attached hydrogen (secondary N) is 2. The number of amides is 1. The zero-order chi connectivity index (χ0) is 35.2. The Balaban J connectivity index is 1.47. The quantitative estimate of drug-likeness (QED) is 0.0754. The fraction of sp³-hybridized carbons (Fsp3) is 0.0333. The first-order valence-corrected chi connectivity index (χ1v) is 16.6. The van der Waals surface area contributed by atoms with Crippen LogP contribution in [-0.4, -0.2) is 63.3 Å². The van der Waals surface area contributed by atoms with Crippen LogP contribution in [0, 0.1) is 5.41 Å². The van der Waals surface area contributed by atoms with Crippen molar-refractivity contribution in [3.05, 3.63) is 95.1 Å². The van der Waals surface area contributed by atoms with Crippen LogP contribution in [0.4, 0.5) is 5.69 Å². The van der Waals surface area contributed by atoms with E-state index in [2.05, 4.69) is 25.7 Å². The lowest BCUT2D eigenvalue weighted by molar-refractivity contribution is 0.0697. The Morgan fingerprint density at radius 2 is 1.51 bits per heavy atom. The molecule has 0 atom stereocenters. The van der Waals surface area contributed by atoms with E-state index in [-0.39, 0.29) is 34.2 Å². The van der Waals surface area contributed by atoms with E-state index in [4.69, 9.17) is 15.6 Å². The second kappa shape index (κ2) is 12.1. The summed E-state index contributed by atoms with van der Waals surface area (Å²) in [5.41, 5.74) is 5.03. The smallest absolute Gasteiger partial charge is 0.336 e. The second-order valence-electron chi connectivity index (χ2n) is 10.4. The van der Waals surface area contributed by atoms with E-state index >= 15 is 0 Å². The van der Waals surface area contributed by atoms with Crippen LogP contribution in [0.15, 0.2) is 87.3 Å². The minimum Gasteiger partial charge on any atom is -0.478 e. The minimum atomic E-state index is -5.18. The number of anilines is 1. The molecule has 1 aliphatic heterocycles. The van der Waals surface area contributed by atoms with E-state index in [1.807, 2.05) is 0 Å². The fourth-order valence-corrected chi connectivity index (χ4v) is 6.74. The standard InChI is InChI=1S/C30H21N7O10S2/c31-21-9-7-18-23(19-8-10-22(32)27(49(44,45)46)25(19)47-24(18)26(21)48(41,42)43)17-6-5-16(11-20(17)30(39)40)29(38)33-12-14-1-3-15(4-2-14)28-36-34-13-35-37-28/h1-11,13,31H,12,32H2,(H,33,38)(H,39,40)(H,41,42,43)(H,44,45,46). The first kappa shape index (κ1) is 32.8. The van der Waals surface area contributed by atoms with E-state index in [1.165, 1.54) is 30.6 Å². The highest BCUT2D eigenvalue weighted by Crippen LogP contribution is 2.45. The predicted octanol–water partition coefficient (Wildman–Crippen LogP) is 2.63. The molecule has 49 heavy (non-hydrogen) atoms. The van der Waals surface area contributed by atoms with E-state index in [0.717, 1.165) is 18.2 Å². The summed E-state index contributed by atoms with van der Waals surface area (Å²) in [5, 5.41) is 35.3. The van der Waals surface area contributed by atoms with Gasteiger partial charge in [-0.2, -0.15) is 16.8 Å². The van der Waals surface area contributed by atoms with Crippen LogP contribution in [0.25, 0.3) is 44.8 Å². The second-order valence-corrected chi connectivity index (χ2v) is 13.1. The number of nitrogens with zero attached hydrogens (tertiary/aromatic N) is 4. The molecular weight excluding hydrogens is 683 g/mol. The minimum absolute atomic E-state index is 0.0541. The average molecular weight is 704 g/mol. The van der Waals surface area contributed by atoms with Crippen molar-refractivity contribution in [1.82, 2.24) is 25.7 Å². The van der Waals surface area contributed by atoms with Crippen LogP contribution in [-0.2, 0) is 26.8 Å². The maximum absolute atomic E-state index is 13.2. The molecule has 19 heteroatoms. The van der Waals surface area contributed by atoms with E-state index in [1.54, 1.807) is 24.3 Å². The molecule has 0 unspecified atom stereocenters. The van der Waals surface area contributed by atoms with Crippen LogP contribution in [0.3, 0.4) is 0 Å². The van der Waals surface area contributed by atoms with Crippen molar-refractivity contribution in [2.75, 3.05) is 5.73 Å². The Hall–Kier alpha value is -6.15. The van der Waals surface area contributed by atoms with Crippen molar-refractivity contribution >= 4 is 48.8 Å². The number of benzene rings is 4. The summed E-state index contributed by atoms with van der Waals surface area (Å²) in [6.45, 7) is 0.0541. The Kier molecular flexibility index (Phi) is 8.12. The largest absolute Gasteiger partial charge is 0.478 e. The molecular formula is C30H21N7O10S2. The molecule has 2 aliphatic rings. The highest BCUT2D eigenvalue weighted by molar-refractivity contribution is 7.86. The summed E-state index contributed by atoms with van der Waals surface area (Å²) in [5.74, 6) is -2.58. The topological polar surface area (TPSA) is 290 Å². The molecule has 0 spiro atoms. The number of carbonyl (C=O) groups excluding carboxylic acids is 1. The SMILES string of the molecule is N=c1ccc2c(-c3ccc(C(=O)NCc4ccc(-c5nncnn5)cc4)cc3C(=O)O)c3ccc(N)c(S(=O)(=O)O)c3oc-2c1S(=O)(=O)O. The third-order valence-corrected chi connectivity index (χ3v) is 9.23. The van der Waals surface area contributed by atoms with E-state index in [9.17, 15) is 40.6 Å². The Labute approximate surface area is 275 Å². The van der Waals surface area contributed by atoms with Crippen LogP contribution in [0.5, 0.6) is 0 Å². The molecule has 1 aliphatic carbocycles. The summed E-state index contributed by atoms with van der Waals surface area (Å²) in [4.78, 5) is 23.8. The van der Waals surface area contributed by atoms with E-state index in [0.29, 0.717) is 17.0 Å². The molecule has 6 rings (SSSR count). The van der Waals surface area contributed by atoms with Gasteiger partial charge in [-0.1, -0.05) is 30.3 Å². The molecule has 0 saturated heterocycles. The summed E-state index contributed by atoms with van der Waals surface area (Å²) < 4.78 is 75.2. The van der Waals surface area contributed by atoms with Crippen molar-refractivity contribution < 1.29 is 45.1 Å². The van der Waals surface area contributed by atoms with Gasteiger partial charge in [-0.3, -0.25) is 19.3 Å². The fourth-order valence-electron chi connectivity index (χ4n) is 5.25. The van der Waals surface area contributed by atoms with Crippen molar-refractivity contribution in [3.63, 3.8) is 0 Å². The zero-order valence-corrected chi connectivity index (χ0v) is 26.2. The highest BCUT2D eigenvalue weighted by atomic mass is 32.2. The molecule has 4 aromatic rings. The van der Waals surface area contributed by atoms with Crippen LogP contribution >= 0.6 is 0 Å². The van der Waals surface area contributed by atoms with Crippen molar-refractivity contribution in [1.29, 1.82) is 5.41 Å². The van der Waals surface area contributed by atoms with Crippen molar-refractivity contribution in [3.8, 4) is 33.8 Å². The number of hydrogen-bond donors (Lipinski definition) is 6. The summed E-state index contributed by atoms with van der Waals surface area (Å²) in [6, 6.07) is 15.0. The number of carboxylic acids is 1. The van der Waals surface area contributed by atoms with Gasteiger partial charge in [0.15, 0.2) is 27.5 Å². The molecule has 1 amide bonds. The average Bonchev–Trinajstić information content (AvgIpc) is 3.05. The van der Waals surface area contributed by atoms with Gasteiger partial charge in [0.2, 0.25) is 5.82 Å². The lowest BCUT2D eigenvalue weighted by Gasteiger charge is -2.20. The lowest BCUT2D eigenvalue weighted by atomic mass is 9.89. The third kappa shape index (κ3) is 6.16. The van der Waals surface area contributed by atoms with E-state index < -0.39 is 69.9 Å². The number of fused-ring (bicyclic) bond motifs is 2. The summed E-state index contributed by atoms with van der Waals surface area (Å²) in [7, 11) is -10.3. The van der Waals surface area contributed by atoms with Gasteiger partial charge >= 0.3 is 5.97 Å². The van der Waals surface area contributed by atoms with Gasteiger partial charge in [0.1, 0.15) is 0 Å². The van der Waals surface area contributed by atoms with Gasteiger partial charge in [0.25, 0.3) is 26.1 Å². The van der Waals surface area contributed by atoms with Gasteiger partial charge in [-0.25, -0.2) is 4.79 Å². The number of rotatable bonds is 8. The summed E-state index contributed by atoms with van der Waals surface area (Å²) >= 11 is 0. The third-order valence-electron chi connectivity index (χ3n) is 7.37. The number of nitrogens with two attached hydrogens (primary N) is 1. The molecule has 7 N–H and O–H groups in total. The number of carboxylic acid groups (broad SMARTS) is 1. The molecule has 1 aromatic heterocycles. The molecule has 0 saturated carbocycles. The maximum Gasteiger partial charge on any atom is 0.336 e. The van der Waals surface area contributed by atoms with Crippen LogP contribution in [0.2, 0.25) is 0 Å². The van der Waals surface area contributed by atoms with Crippen molar-refractivity contribution in [2.24, 2.45) is 0 Å². The maximum atomic E-state index is 13.2. The zero-order valence-electron chi connectivity index (χ0n) is 24.5.